The first-order chi connectivity index (χ1) is 27.2. The van der Waals surface area contributed by atoms with Crippen molar-refractivity contribution in [1.82, 2.24) is 0 Å². The highest BCUT2D eigenvalue weighted by Crippen LogP contribution is 2.49. The Morgan fingerprint density at radius 1 is 0.291 bits per heavy atom. The number of hydrogen-bond acceptors (Lipinski definition) is 3. The van der Waals surface area contributed by atoms with Crippen LogP contribution in [-0.4, -0.2) is 0 Å². The number of fused-ring (bicyclic) bond motifs is 1. The highest BCUT2D eigenvalue weighted by molar-refractivity contribution is 5.96. The molecule has 0 amide bonds. The monoisotopic (exact) mass is 705 g/mol. The number of anilines is 3. The van der Waals surface area contributed by atoms with Crippen molar-refractivity contribution >= 4 is 27.8 Å². The second-order valence-electron chi connectivity index (χ2n) is 13.7. The van der Waals surface area contributed by atoms with E-state index in [0.717, 1.165) is 72.7 Å². The number of benzene rings is 9. The average molecular weight is 706 g/mol. The molecule has 0 N–H and O–H groups in total. The summed E-state index contributed by atoms with van der Waals surface area (Å²) in [6, 6.07) is 74.5. The van der Waals surface area contributed by atoms with Crippen LogP contribution < -0.4 is 14.4 Å². The maximum absolute atomic E-state index is 6.71. The lowest BCUT2D eigenvalue weighted by atomic mass is 9.96. The van der Waals surface area contributed by atoms with E-state index in [1.165, 1.54) is 11.1 Å². The number of rotatable bonds is 7. The van der Waals surface area contributed by atoms with Crippen LogP contribution in [0.4, 0.5) is 17.1 Å². The molecule has 0 saturated carbocycles. The van der Waals surface area contributed by atoms with Gasteiger partial charge in [0.1, 0.15) is 11.5 Å². The molecule has 0 bridgehead atoms. The van der Waals surface area contributed by atoms with E-state index in [2.05, 4.69) is 187 Å². The molecule has 0 atom stereocenters. The second-order valence-corrected chi connectivity index (χ2v) is 13.7. The third-order valence-corrected chi connectivity index (χ3v) is 10.3. The fourth-order valence-corrected chi connectivity index (χ4v) is 7.58. The van der Waals surface area contributed by atoms with E-state index in [1.807, 2.05) is 30.3 Å². The Hall–Kier alpha value is -7.36. The first-order valence-corrected chi connectivity index (χ1v) is 18.6. The van der Waals surface area contributed by atoms with Crippen molar-refractivity contribution < 1.29 is 9.47 Å². The highest BCUT2D eigenvalue weighted by atomic mass is 16.5. The molecule has 1 heterocycles. The first kappa shape index (κ1) is 32.3. The van der Waals surface area contributed by atoms with Gasteiger partial charge >= 0.3 is 0 Å². The lowest BCUT2D eigenvalue weighted by molar-refractivity contribution is 0.439. The molecule has 3 heteroatoms. The summed E-state index contributed by atoms with van der Waals surface area (Å²) in [6.07, 6.45) is 0. The summed E-state index contributed by atoms with van der Waals surface area (Å²) in [7, 11) is 0. The molecule has 0 aromatic heterocycles. The van der Waals surface area contributed by atoms with E-state index < -0.39 is 0 Å². The van der Waals surface area contributed by atoms with Gasteiger partial charge in [-0.25, -0.2) is 0 Å². The Labute approximate surface area is 320 Å². The predicted molar refractivity (Wildman–Crippen MR) is 227 cm³/mol. The molecule has 1 aliphatic heterocycles. The molecule has 0 saturated heterocycles. The van der Waals surface area contributed by atoms with Crippen LogP contribution in [0, 0.1) is 0 Å². The molecule has 0 unspecified atom stereocenters. The van der Waals surface area contributed by atoms with Crippen LogP contribution in [0.2, 0.25) is 0 Å². The lowest BCUT2D eigenvalue weighted by Gasteiger charge is -2.29. The zero-order valence-electron chi connectivity index (χ0n) is 30.0. The molecule has 0 fully saturated rings. The zero-order valence-corrected chi connectivity index (χ0v) is 30.0. The van der Waals surface area contributed by atoms with Gasteiger partial charge in [-0.1, -0.05) is 164 Å². The first-order valence-electron chi connectivity index (χ1n) is 18.6. The van der Waals surface area contributed by atoms with Crippen molar-refractivity contribution in [2.75, 3.05) is 4.90 Å². The van der Waals surface area contributed by atoms with Crippen LogP contribution in [0.25, 0.3) is 55.3 Å². The average Bonchev–Trinajstić information content (AvgIpc) is 3.42. The molecule has 9 aromatic rings. The van der Waals surface area contributed by atoms with Crippen LogP contribution in [0.3, 0.4) is 0 Å². The zero-order chi connectivity index (χ0) is 36.6. The second kappa shape index (κ2) is 13.9. The van der Waals surface area contributed by atoms with Gasteiger partial charge in [-0.3, -0.25) is 0 Å². The summed E-state index contributed by atoms with van der Waals surface area (Å²) >= 11 is 0. The Morgan fingerprint density at radius 2 is 0.764 bits per heavy atom. The highest BCUT2D eigenvalue weighted by Gasteiger charge is 2.23. The summed E-state index contributed by atoms with van der Waals surface area (Å²) in [5.74, 6) is 2.88. The number of hydrogen-bond donors (Lipinski definition) is 0. The van der Waals surface area contributed by atoms with Gasteiger partial charge < -0.3 is 14.4 Å². The van der Waals surface area contributed by atoms with Crippen molar-refractivity contribution in [3.63, 3.8) is 0 Å². The summed E-state index contributed by atoms with van der Waals surface area (Å²) < 4.78 is 13.3. The van der Waals surface area contributed by atoms with Gasteiger partial charge in [0.2, 0.25) is 0 Å². The molecular weight excluding hydrogens is 671 g/mol. The fourth-order valence-electron chi connectivity index (χ4n) is 7.58. The minimum Gasteiger partial charge on any atom is -0.453 e. The lowest BCUT2D eigenvalue weighted by Crippen LogP contribution is -2.11. The van der Waals surface area contributed by atoms with Crippen LogP contribution in [0.5, 0.6) is 23.0 Å². The third kappa shape index (κ3) is 6.18. The molecule has 3 nitrogen and oxygen atoms in total. The van der Waals surface area contributed by atoms with Crippen molar-refractivity contribution in [1.29, 1.82) is 0 Å². The van der Waals surface area contributed by atoms with E-state index >= 15 is 0 Å². The molecule has 0 aliphatic carbocycles. The van der Waals surface area contributed by atoms with E-state index in [-0.39, 0.29) is 0 Å². The topological polar surface area (TPSA) is 21.7 Å². The molecule has 0 spiro atoms. The van der Waals surface area contributed by atoms with Gasteiger partial charge in [-0.2, -0.15) is 0 Å². The fraction of sp³-hybridized carbons (Fsp3) is 0. The SMILES string of the molecule is c1ccc(-c2ccc(-c3ccc(N(c4ccc5c(c4)Oc4cccc6cccc(c46)O5)c4cc(-c5ccccc5)ccc4-c4ccccc4)cc3)cc2)cc1. The van der Waals surface area contributed by atoms with Gasteiger partial charge in [0.15, 0.2) is 11.5 Å². The molecule has 9 aromatic carbocycles. The summed E-state index contributed by atoms with van der Waals surface area (Å²) in [5, 5.41) is 2.04. The molecule has 10 rings (SSSR count). The van der Waals surface area contributed by atoms with Crippen LogP contribution in [-0.2, 0) is 0 Å². The van der Waals surface area contributed by atoms with Crippen LogP contribution in [0.15, 0.2) is 212 Å². The smallest absolute Gasteiger partial charge is 0.172 e. The predicted octanol–water partition coefficient (Wildman–Crippen LogP) is 14.9. The molecular formula is C52H35NO2. The minimum atomic E-state index is 0.654. The van der Waals surface area contributed by atoms with Gasteiger partial charge in [0.05, 0.1) is 16.8 Å². The largest absolute Gasteiger partial charge is 0.453 e. The Balaban J connectivity index is 1.12. The molecule has 0 radical (unpaired) electrons. The quantitative estimate of drug-likeness (QED) is 0.165. The maximum atomic E-state index is 6.71. The number of ether oxygens (including phenoxy) is 2. The van der Waals surface area contributed by atoms with Gasteiger partial charge in [-0.15, -0.1) is 0 Å². The van der Waals surface area contributed by atoms with Crippen LogP contribution >= 0.6 is 0 Å². The Morgan fingerprint density at radius 3 is 1.36 bits per heavy atom. The van der Waals surface area contributed by atoms with E-state index in [1.54, 1.807) is 0 Å². The van der Waals surface area contributed by atoms with E-state index in [0.29, 0.717) is 11.5 Å². The summed E-state index contributed by atoms with van der Waals surface area (Å²) in [4.78, 5) is 2.33. The van der Waals surface area contributed by atoms with E-state index in [9.17, 15) is 0 Å². The van der Waals surface area contributed by atoms with Gasteiger partial charge in [0.25, 0.3) is 0 Å². The van der Waals surface area contributed by atoms with E-state index in [4.69, 9.17) is 9.47 Å². The third-order valence-electron chi connectivity index (χ3n) is 10.3. The van der Waals surface area contributed by atoms with Crippen LogP contribution in [0.1, 0.15) is 0 Å². The Bertz CT molecular complexity index is 2770. The van der Waals surface area contributed by atoms with Gasteiger partial charge in [0, 0.05) is 17.3 Å². The van der Waals surface area contributed by atoms with Crippen molar-refractivity contribution in [3.8, 4) is 67.5 Å². The van der Waals surface area contributed by atoms with Crippen molar-refractivity contribution in [3.05, 3.63) is 212 Å². The summed E-state index contributed by atoms with van der Waals surface area (Å²) in [6.45, 7) is 0. The molecule has 260 valence electrons. The standard InChI is InChI=1S/C52H35NO2/c1-4-12-36(13-5-1)38-22-24-39(25-23-38)40-26-29-44(30-27-40)53(47-34-43(37-14-6-2-7-15-37)28-32-46(47)41-16-8-3-9-17-41)45-31-33-48-51(35-45)55-50-21-11-19-42-18-10-20-49(54-48)52(42)50/h1-35H. The molecule has 55 heavy (non-hydrogen) atoms. The van der Waals surface area contributed by atoms with Crippen molar-refractivity contribution in [2.45, 2.75) is 0 Å². The van der Waals surface area contributed by atoms with Crippen molar-refractivity contribution in [2.24, 2.45) is 0 Å². The minimum absolute atomic E-state index is 0.654. The maximum Gasteiger partial charge on any atom is 0.172 e. The number of nitrogens with zero attached hydrogens (tertiary/aromatic N) is 1. The molecule has 1 aliphatic rings. The summed E-state index contributed by atoms with van der Waals surface area (Å²) in [5.41, 5.74) is 12.3. The normalized spacial score (nSPS) is 11.6. The Kier molecular flexibility index (Phi) is 8.16. The van der Waals surface area contributed by atoms with Gasteiger partial charge in [-0.05, 0) is 86.8 Å².